The molecular weight excluding hydrogens is 280 g/mol. The second-order valence-electron chi connectivity index (χ2n) is 4.94. The Balaban J connectivity index is 2.31. The van der Waals surface area contributed by atoms with Crippen LogP contribution in [0.4, 0.5) is 0 Å². The number of rotatable bonds is 5. The molecule has 0 aromatic heterocycles. The van der Waals surface area contributed by atoms with E-state index in [1.807, 2.05) is 18.2 Å². The van der Waals surface area contributed by atoms with Gasteiger partial charge in [-0.05, 0) is 17.7 Å². The van der Waals surface area contributed by atoms with Gasteiger partial charge >= 0.3 is 0 Å². The summed E-state index contributed by atoms with van der Waals surface area (Å²) in [7, 11) is -1.68. The van der Waals surface area contributed by atoms with E-state index in [1.54, 1.807) is 7.11 Å². The van der Waals surface area contributed by atoms with Crippen LogP contribution in [-0.2, 0) is 14.8 Å². The van der Waals surface area contributed by atoms with Crippen molar-refractivity contribution < 1.29 is 17.9 Å². The molecule has 6 nitrogen and oxygen atoms in total. The van der Waals surface area contributed by atoms with Crippen LogP contribution >= 0.6 is 0 Å². The van der Waals surface area contributed by atoms with Crippen LogP contribution in [0, 0.1) is 0 Å². The van der Waals surface area contributed by atoms with Crippen LogP contribution in [0.3, 0.4) is 0 Å². The largest absolute Gasteiger partial charge is 0.493 e. The SMILES string of the molecule is COCC(N)c1ccc2c(c1)C(NS(C)(=O)=O)CCO2. The lowest BCUT2D eigenvalue weighted by Gasteiger charge is -2.27. The lowest BCUT2D eigenvalue weighted by atomic mass is 9.97. The van der Waals surface area contributed by atoms with Crippen LogP contribution in [-0.4, -0.2) is 35.0 Å². The Morgan fingerprint density at radius 1 is 1.55 bits per heavy atom. The van der Waals surface area contributed by atoms with E-state index in [-0.39, 0.29) is 12.1 Å². The van der Waals surface area contributed by atoms with E-state index in [0.717, 1.165) is 17.4 Å². The lowest BCUT2D eigenvalue weighted by Crippen LogP contribution is -2.31. The average molecular weight is 300 g/mol. The van der Waals surface area contributed by atoms with Gasteiger partial charge in [0, 0.05) is 19.1 Å². The highest BCUT2D eigenvalue weighted by Gasteiger charge is 2.25. The highest BCUT2D eigenvalue weighted by molar-refractivity contribution is 7.88. The van der Waals surface area contributed by atoms with Crippen molar-refractivity contribution in [2.75, 3.05) is 26.6 Å². The maximum Gasteiger partial charge on any atom is 0.209 e. The van der Waals surface area contributed by atoms with Crippen LogP contribution in [0.15, 0.2) is 18.2 Å². The molecule has 1 aromatic carbocycles. The third kappa shape index (κ3) is 3.69. The molecular formula is C13H20N2O4S. The molecule has 1 aliphatic rings. The molecule has 0 radical (unpaired) electrons. The van der Waals surface area contributed by atoms with E-state index in [2.05, 4.69) is 4.72 Å². The molecule has 0 saturated carbocycles. The third-order valence-electron chi connectivity index (χ3n) is 3.20. The van der Waals surface area contributed by atoms with Crippen LogP contribution in [0.2, 0.25) is 0 Å². The lowest BCUT2D eigenvalue weighted by molar-refractivity contribution is 0.180. The molecule has 0 spiro atoms. The molecule has 2 atom stereocenters. The van der Waals surface area contributed by atoms with Crippen LogP contribution in [0.25, 0.3) is 0 Å². The second-order valence-corrected chi connectivity index (χ2v) is 6.72. The molecule has 112 valence electrons. The Morgan fingerprint density at radius 2 is 2.30 bits per heavy atom. The minimum atomic E-state index is -3.27. The first-order chi connectivity index (χ1) is 9.40. The van der Waals surface area contributed by atoms with Crippen molar-refractivity contribution in [3.8, 4) is 5.75 Å². The van der Waals surface area contributed by atoms with Gasteiger partial charge in [-0.2, -0.15) is 0 Å². The highest BCUT2D eigenvalue weighted by atomic mass is 32.2. The zero-order valence-corrected chi connectivity index (χ0v) is 12.4. The Kier molecular flexibility index (Phi) is 4.64. The van der Waals surface area contributed by atoms with Crippen molar-refractivity contribution in [2.45, 2.75) is 18.5 Å². The fourth-order valence-corrected chi connectivity index (χ4v) is 3.06. The van der Waals surface area contributed by atoms with Crippen LogP contribution < -0.4 is 15.2 Å². The number of methoxy groups -OCH3 is 1. The summed E-state index contributed by atoms with van der Waals surface area (Å²) in [5, 5.41) is 0. The quantitative estimate of drug-likeness (QED) is 0.835. The maximum absolute atomic E-state index is 11.4. The number of ether oxygens (including phenoxy) is 2. The summed E-state index contributed by atoms with van der Waals surface area (Å²) < 4.78 is 36.1. The molecule has 1 aliphatic heterocycles. The zero-order valence-electron chi connectivity index (χ0n) is 11.6. The standard InChI is InChI=1S/C13H20N2O4S/c1-18-8-11(14)9-3-4-13-10(7-9)12(5-6-19-13)15-20(2,16)17/h3-4,7,11-12,15H,5-6,8,14H2,1-2H3. The van der Waals surface area contributed by atoms with Crippen molar-refractivity contribution in [2.24, 2.45) is 5.73 Å². The van der Waals surface area contributed by atoms with Gasteiger partial charge in [-0.25, -0.2) is 13.1 Å². The fraction of sp³-hybridized carbons (Fsp3) is 0.538. The average Bonchev–Trinajstić information content (AvgIpc) is 2.37. The third-order valence-corrected chi connectivity index (χ3v) is 3.92. The molecule has 3 N–H and O–H groups in total. The number of nitrogens with two attached hydrogens (primary N) is 1. The van der Waals surface area contributed by atoms with Gasteiger partial charge in [-0.3, -0.25) is 0 Å². The summed E-state index contributed by atoms with van der Waals surface area (Å²) >= 11 is 0. The molecule has 20 heavy (non-hydrogen) atoms. The van der Waals surface area contributed by atoms with Gasteiger partial charge in [0.15, 0.2) is 0 Å². The molecule has 0 amide bonds. The van der Waals surface area contributed by atoms with E-state index < -0.39 is 10.0 Å². The normalized spacial score (nSPS) is 20.1. The number of nitrogens with one attached hydrogen (secondary N) is 1. The van der Waals surface area contributed by atoms with Gasteiger partial charge in [0.1, 0.15) is 5.75 Å². The van der Waals surface area contributed by atoms with Gasteiger partial charge in [-0.15, -0.1) is 0 Å². The molecule has 7 heteroatoms. The molecule has 0 saturated heterocycles. The summed E-state index contributed by atoms with van der Waals surface area (Å²) in [6, 6.07) is 5.08. The first-order valence-corrected chi connectivity index (χ1v) is 8.28. The first-order valence-electron chi connectivity index (χ1n) is 6.39. The van der Waals surface area contributed by atoms with Gasteiger partial charge in [0.2, 0.25) is 10.0 Å². The van der Waals surface area contributed by atoms with Gasteiger partial charge < -0.3 is 15.2 Å². The van der Waals surface area contributed by atoms with E-state index >= 15 is 0 Å². The number of benzene rings is 1. The summed E-state index contributed by atoms with van der Waals surface area (Å²) in [6.07, 6.45) is 1.76. The summed E-state index contributed by atoms with van der Waals surface area (Å²) in [5.74, 6) is 0.700. The van der Waals surface area contributed by atoms with Crippen molar-refractivity contribution >= 4 is 10.0 Å². The predicted molar refractivity (Wildman–Crippen MR) is 76.1 cm³/mol. The number of hydrogen-bond acceptors (Lipinski definition) is 5. The van der Waals surface area contributed by atoms with E-state index in [1.165, 1.54) is 0 Å². The van der Waals surface area contributed by atoms with E-state index in [9.17, 15) is 8.42 Å². The van der Waals surface area contributed by atoms with E-state index in [4.69, 9.17) is 15.2 Å². The number of fused-ring (bicyclic) bond motifs is 1. The van der Waals surface area contributed by atoms with Gasteiger partial charge in [-0.1, -0.05) is 6.07 Å². The predicted octanol–water partition coefficient (Wildman–Crippen LogP) is 0.706. The topological polar surface area (TPSA) is 90.6 Å². The summed E-state index contributed by atoms with van der Waals surface area (Å²) in [4.78, 5) is 0. The number of hydrogen-bond donors (Lipinski definition) is 2. The van der Waals surface area contributed by atoms with Crippen LogP contribution in [0.1, 0.15) is 29.6 Å². The van der Waals surface area contributed by atoms with E-state index in [0.29, 0.717) is 25.4 Å². The maximum atomic E-state index is 11.4. The molecule has 1 aromatic rings. The minimum Gasteiger partial charge on any atom is -0.493 e. The molecule has 0 aliphatic carbocycles. The molecule has 0 bridgehead atoms. The van der Waals surface area contributed by atoms with Crippen molar-refractivity contribution in [1.29, 1.82) is 0 Å². The molecule has 2 unspecified atom stereocenters. The first kappa shape index (κ1) is 15.2. The summed E-state index contributed by atoms with van der Waals surface area (Å²) in [5.41, 5.74) is 7.73. The Morgan fingerprint density at radius 3 is 2.95 bits per heavy atom. The monoisotopic (exact) mass is 300 g/mol. The zero-order chi connectivity index (χ0) is 14.8. The van der Waals surface area contributed by atoms with Crippen molar-refractivity contribution in [3.63, 3.8) is 0 Å². The molecule has 0 fully saturated rings. The Bertz CT molecular complexity index is 574. The van der Waals surface area contributed by atoms with Gasteiger partial charge in [0.05, 0.1) is 31.6 Å². The summed E-state index contributed by atoms with van der Waals surface area (Å²) in [6.45, 7) is 0.896. The Hall–Kier alpha value is -1.15. The number of sulfonamides is 1. The van der Waals surface area contributed by atoms with Crippen molar-refractivity contribution in [1.82, 2.24) is 4.72 Å². The fourth-order valence-electron chi connectivity index (χ4n) is 2.30. The second kappa shape index (κ2) is 6.09. The van der Waals surface area contributed by atoms with Crippen LogP contribution in [0.5, 0.6) is 5.75 Å². The Labute approximate surface area is 119 Å². The smallest absolute Gasteiger partial charge is 0.209 e. The minimum absolute atomic E-state index is 0.244. The van der Waals surface area contributed by atoms with Gasteiger partial charge in [0.25, 0.3) is 0 Å². The highest BCUT2D eigenvalue weighted by Crippen LogP contribution is 2.34. The molecule has 2 rings (SSSR count). The van der Waals surface area contributed by atoms with Crippen molar-refractivity contribution in [3.05, 3.63) is 29.3 Å². The molecule has 1 heterocycles.